The zero-order chi connectivity index (χ0) is 12.1. The first-order valence-electron chi connectivity index (χ1n) is 4.66. The van der Waals surface area contributed by atoms with Crippen LogP contribution in [0.4, 0.5) is 13.9 Å². The Morgan fingerprint density at radius 1 is 1.69 bits per heavy atom. The predicted molar refractivity (Wildman–Crippen MR) is 57.3 cm³/mol. The molecule has 0 saturated carbocycles. The molecule has 0 bridgehead atoms. The highest BCUT2D eigenvalue weighted by molar-refractivity contribution is 7.13. The van der Waals surface area contributed by atoms with Crippen molar-refractivity contribution in [1.29, 1.82) is 0 Å². The molecular formula is C9H12F2N2O2S. The molecule has 0 saturated heterocycles. The third-order valence-electron chi connectivity index (χ3n) is 1.72. The van der Waals surface area contributed by atoms with Crippen molar-refractivity contribution in [2.45, 2.75) is 13.3 Å². The van der Waals surface area contributed by atoms with E-state index in [9.17, 15) is 13.6 Å². The summed E-state index contributed by atoms with van der Waals surface area (Å²) in [6, 6.07) is 0. The number of halogens is 2. The molecule has 16 heavy (non-hydrogen) atoms. The summed E-state index contributed by atoms with van der Waals surface area (Å²) in [5.41, 5.74) is 0.156. The summed E-state index contributed by atoms with van der Waals surface area (Å²) in [6.07, 6.45) is -2.43. The molecule has 1 rings (SSSR count). The molecule has 1 aromatic heterocycles. The van der Waals surface area contributed by atoms with Crippen LogP contribution in [-0.2, 0) is 4.74 Å². The van der Waals surface area contributed by atoms with E-state index in [0.717, 1.165) is 11.3 Å². The second-order valence-electron chi connectivity index (χ2n) is 3.01. The maximum Gasteiger partial charge on any atom is 0.357 e. The topological polar surface area (TPSA) is 42.4 Å². The number of alkyl halides is 2. The van der Waals surface area contributed by atoms with Crippen molar-refractivity contribution < 1.29 is 18.3 Å². The van der Waals surface area contributed by atoms with Gasteiger partial charge in [0.2, 0.25) is 0 Å². The highest BCUT2D eigenvalue weighted by Gasteiger charge is 2.15. The molecule has 0 unspecified atom stereocenters. The normalized spacial score (nSPS) is 10.6. The van der Waals surface area contributed by atoms with E-state index in [2.05, 4.69) is 4.98 Å². The van der Waals surface area contributed by atoms with Crippen molar-refractivity contribution in [2.24, 2.45) is 0 Å². The van der Waals surface area contributed by atoms with Crippen LogP contribution < -0.4 is 4.90 Å². The lowest BCUT2D eigenvalue weighted by Crippen LogP contribution is -2.23. The van der Waals surface area contributed by atoms with Gasteiger partial charge in [-0.2, -0.15) is 0 Å². The first-order chi connectivity index (χ1) is 7.54. The van der Waals surface area contributed by atoms with E-state index >= 15 is 0 Å². The van der Waals surface area contributed by atoms with Gasteiger partial charge in [-0.05, 0) is 6.92 Å². The Morgan fingerprint density at radius 2 is 2.38 bits per heavy atom. The van der Waals surface area contributed by atoms with E-state index in [-0.39, 0.29) is 12.3 Å². The minimum absolute atomic E-state index is 0.156. The van der Waals surface area contributed by atoms with Gasteiger partial charge in [-0.25, -0.2) is 18.6 Å². The van der Waals surface area contributed by atoms with Crippen molar-refractivity contribution >= 4 is 22.4 Å². The molecule has 0 N–H and O–H groups in total. The fraction of sp³-hybridized carbons (Fsp3) is 0.556. The molecule has 0 aromatic carbocycles. The van der Waals surface area contributed by atoms with E-state index in [0.29, 0.717) is 5.13 Å². The van der Waals surface area contributed by atoms with Crippen LogP contribution in [0.25, 0.3) is 0 Å². The van der Waals surface area contributed by atoms with Crippen LogP contribution in [0, 0.1) is 0 Å². The van der Waals surface area contributed by atoms with E-state index in [1.807, 2.05) is 0 Å². The lowest BCUT2D eigenvalue weighted by Gasteiger charge is -2.14. The molecule has 0 aliphatic rings. The fourth-order valence-electron chi connectivity index (χ4n) is 1.02. The maximum absolute atomic E-state index is 12.1. The van der Waals surface area contributed by atoms with Crippen LogP contribution in [0.2, 0.25) is 0 Å². The standard InChI is InChI=1S/C9H12F2N2O2S/c1-3-15-8(14)6-5-16-9(12-6)13(2)4-7(10)11/h5,7H,3-4H2,1-2H3. The van der Waals surface area contributed by atoms with Gasteiger partial charge >= 0.3 is 5.97 Å². The molecule has 0 fully saturated rings. The van der Waals surface area contributed by atoms with Gasteiger partial charge in [-0.1, -0.05) is 0 Å². The van der Waals surface area contributed by atoms with Crippen molar-refractivity contribution in [3.05, 3.63) is 11.1 Å². The minimum Gasteiger partial charge on any atom is -0.461 e. The number of nitrogens with zero attached hydrogens (tertiary/aromatic N) is 2. The Labute approximate surface area is 95.8 Å². The number of ether oxygens (including phenoxy) is 1. The van der Waals surface area contributed by atoms with Crippen LogP contribution in [0.15, 0.2) is 5.38 Å². The molecule has 7 heteroatoms. The highest BCUT2D eigenvalue weighted by Crippen LogP contribution is 2.20. The number of esters is 1. The number of anilines is 1. The molecule has 0 aliphatic carbocycles. The molecule has 1 aromatic rings. The number of carbonyl (C=O) groups excluding carboxylic acids is 1. The van der Waals surface area contributed by atoms with Gasteiger partial charge in [0, 0.05) is 12.4 Å². The third kappa shape index (κ3) is 3.41. The van der Waals surface area contributed by atoms with Gasteiger partial charge < -0.3 is 9.64 Å². The number of thiazole rings is 1. The number of carbonyl (C=O) groups is 1. The molecule has 4 nitrogen and oxygen atoms in total. The van der Waals surface area contributed by atoms with E-state index in [1.54, 1.807) is 6.92 Å². The summed E-state index contributed by atoms with van der Waals surface area (Å²) in [5, 5.41) is 1.87. The number of aromatic nitrogens is 1. The molecule has 0 spiro atoms. The van der Waals surface area contributed by atoms with Crippen molar-refractivity contribution in [2.75, 3.05) is 25.1 Å². The first kappa shape index (κ1) is 12.8. The largest absolute Gasteiger partial charge is 0.461 e. The summed E-state index contributed by atoms with van der Waals surface area (Å²) >= 11 is 1.13. The zero-order valence-electron chi connectivity index (χ0n) is 8.94. The summed E-state index contributed by atoms with van der Waals surface area (Å²) < 4.78 is 28.9. The average Bonchev–Trinajstić information content (AvgIpc) is 2.65. The minimum atomic E-state index is -2.43. The SMILES string of the molecule is CCOC(=O)c1csc(N(C)CC(F)F)n1. The lowest BCUT2D eigenvalue weighted by atomic mass is 10.5. The molecule has 0 radical (unpaired) electrons. The number of hydrogen-bond donors (Lipinski definition) is 0. The van der Waals surface area contributed by atoms with Crippen LogP contribution in [-0.4, -0.2) is 37.6 Å². The Morgan fingerprint density at radius 3 is 2.94 bits per heavy atom. The van der Waals surface area contributed by atoms with Gasteiger partial charge in [0.15, 0.2) is 10.8 Å². The Bertz CT molecular complexity index is 357. The molecule has 0 amide bonds. The van der Waals surface area contributed by atoms with Gasteiger partial charge in [-0.15, -0.1) is 11.3 Å². The Kier molecular flexibility index (Phi) is 4.60. The van der Waals surface area contributed by atoms with Gasteiger partial charge in [0.1, 0.15) is 0 Å². The van der Waals surface area contributed by atoms with E-state index in [4.69, 9.17) is 4.74 Å². The average molecular weight is 250 g/mol. The monoisotopic (exact) mass is 250 g/mol. The quantitative estimate of drug-likeness (QED) is 0.750. The maximum atomic E-state index is 12.1. The summed E-state index contributed by atoms with van der Waals surface area (Å²) in [6.45, 7) is 1.54. The van der Waals surface area contributed by atoms with Crippen LogP contribution in [0.3, 0.4) is 0 Å². The second kappa shape index (κ2) is 5.74. The second-order valence-corrected chi connectivity index (χ2v) is 3.84. The van der Waals surface area contributed by atoms with Crippen LogP contribution >= 0.6 is 11.3 Å². The zero-order valence-corrected chi connectivity index (χ0v) is 9.76. The first-order valence-corrected chi connectivity index (χ1v) is 5.54. The smallest absolute Gasteiger partial charge is 0.357 e. The van der Waals surface area contributed by atoms with E-state index in [1.165, 1.54) is 17.3 Å². The Balaban J connectivity index is 2.67. The highest BCUT2D eigenvalue weighted by atomic mass is 32.1. The van der Waals surface area contributed by atoms with Gasteiger partial charge in [0.25, 0.3) is 6.43 Å². The van der Waals surface area contributed by atoms with Crippen molar-refractivity contribution in [1.82, 2.24) is 4.98 Å². The van der Waals surface area contributed by atoms with Crippen LogP contribution in [0.5, 0.6) is 0 Å². The predicted octanol–water partition coefficient (Wildman–Crippen LogP) is 2.02. The van der Waals surface area contributed by atoms with Crippen molar-refractivity contribution in [3.8, 4) is 0 Å². The molecule has 0 atom stereocenters. The Hall–Kier alpha value is -1.24. The van der Waals surface area contributed by atoms with E-state index < -0.39 is 18.9 Å². The lowest BCUT2D eigenvalue weighted by molar-refractivity contribution is 0.0520. The van der Waals surface area contributed by atoms with Crippen molar-refractivity contribution in [3.63, 3.8) is 0 Å². The van der Waals surface area contributed by atoms with Crippen LogP contribution in [0.1, 0.15) is 17.4 Å². The molecule has 90 valence electrons. The van der Waals surface area contributed by atoms with Gasteiger partial charge in [-0.3, -0.25) is 0 Å². The summed E-state index contributed by atoms with van der Waals surface area (Å²) in [4.78, 5) is 16.5. The fourth-order valence-corrected chi connectivity index (χ4v) is 1.80. The van der Waals surface area contributed by atoms with Gasteiger partial charge in [0.05, 0.1) is 13.2 Å². The summed E-state index contributed by atoms with van der Waals surface area (Å²) in [7, 11) is 1.50. The summed E-state index contributed by atoms with van der Waals surface area (Å²) in [5.74, 6) is -0.532. The molecule has 1 heterocycles. The third-order valence-corrected chi connectivity index (χ3v) is 2.67. The number of rotatable bonds is 5. The molecule has 0 aliphatic heterocycles. The molecular weight excluding hydrogens is 238 g/mol. The number of hydrogen-bond acceptors (Lipinski definition) is 5.